The Morgan fingerprint density at radius 3 is 2.17 bits per heavy atom. The molecule has 1 aliphatic rings. The predicted molar refractivity (Wildman–Crippen MR) is 86.0 cm³/mol. The molecule has 0 bridgehead atoms. The smallest absolute Gasteiger partial charge is 0.240 e. The molecule has 0 saturated carbocycles. The lowest BCUT2D eigenvalue weighted by Crippen LogP contribution is -2.46. The third-order valence-corrected chi connectivity index (χ3v) is 5.81. The van der Waals surface area contributed by atoms with Gasteiger partial charge in [0.1, 0.15) is 11.0 Å². The second-order valence-corrected chi connectivity index (χ2v) is 8.35. The average Bonchev–Trinajstić information content (AvgIpc) is 2.53. The molecule has 1 aromatic carbocycles. The molecule has 1 aromatic rings. The number of aromatic hydroxyl groups is 1. The van der Waals surface area contributed by atoms with E-state index in [1.54, 1.807) is 12.1 Å². The number of rotatable bonds is 4. The Balaban J connectivity index is 1.97. The van der Waals surface area contributed by atoms with Gasteiger partial charge in [-0.05, 0) is 44.0 Å². The zero-order chi connectivity index (χ0) is 17.2. The highest BCUT2D eigenvalue weighted by molar-refractivity contribution is 7.92. The summed E-state index contributed by atoms with van der Waals surface area (Å²) in [5.74, 6) is -0.481. The van der Waals surface area contributed by atoms with E-state index in [1.165, 1.54) is 24.0 Å². The lowest BCUT2D eigenvalue weighted by Gasteiger charge is -2.32. The molecule has 6 nitrogen and oxygen atoms in total. The molecule has 1 N–H and O–H groups in total. The molecule has 1 amide bonds. The highest BCUT2D eigenvalue weighted by atomic mass is 32.2. The summed E-state index contributed by atoms with van der Waals surface area (Å²) in [6, 6.07) is 6.11. The summed E-state index contributed by atoms with van der Waals surface area (Å²) in [6.45, 7) is 2.16. The molecule has 1 atom stereocenters. The summed E-state index contributed by atoms with van der Waals surface area (Å²) in [5, 5.41) is 8.21. The maximum atomic E-state index is 12.4. The van der Waals surface area contributed by atoms with Crippen LogP contribution in [0.2, 0.25) is 0 Å². The second kappa shape index (κ2) is 6.70. The SMILES string of the molecule is C[C@H](C(=O)N1CCC(C(=O)c2ccc(O)cc2)CC1)S(C)(=O)=O. The predicted octanol–water partition coefficient (Wildman–Crippen LogP) is 1.25. The van der Waals surface area contributed by atoms with Crippen molar-refractivity contribution in [3.8, 4) is 5.75 Å². The van der Waals surface area contributed by atoms with Crippen LogP contribution in [-0.4, -0.2) is 54.7 Å². The fourth-order valence-electron chi connectivity index (χ4n) is 2.66. The van der Waals surface area contributed by atoms with Crippen LogP contribution in [0.4, 0.5) is 0 Å². The van der Waals surface area contributed by atoms with E-state index in [4.69, 9.17) is 0 Å². The van der Waals surface area contributed by atoms with Crippen molar-refractivity contribution < 1.29 is 23.1 Å². The molecule has 2 rings (SSSR count). The van der Waals surface area contributed by atoms with Crippen LogP contribution < -0.4 is 0 Å². The molecule has 0 aromatic heterocycles. The van der Waals surface area contributed by atoms with Crippen LogP contribution in [0, 0.1) is 5.92 Å². The van der Waals surface area contributed by atoms with Gasteiger partial charge in [-0.1, -0.05) is 0 Å². The topological polar surface area (TPSA) is 91.8 Å². The first-order valence-electron chi connectivity index (χ1n) is 7.51. The van der Waals surface area contributed by atoms with Gasteiger partial charge in [0.15, 0.2) is 15.6 Å². The van der Waals surface area contributed by atoms with E-state index in [1.807, 2.05) is 0 Å². The van der Waals surface area contributed by atoms with Crippen LogP contribution >= 0.6 is 0 Å². The Kier molecular flexibility index (Phi) is 5.09. The number of Topliss-reactive ketones (excluding diaryl/α,β-unsaturated/α-hetero) is 1. The van der Waals surface area contributed by atoms with Crippen molar-refractivity contribution in [3.63, 3.8) is 0 Å². The van der Waals surface area contributed by atoms with Gasteiger partial charge in [0.25, 0.3) is 0 Å². The van der Waals surface area contributed by atoms with Crippen molar-refractivity contribution in [2.75, 3.05) is 19.3 Å². The number of nitrogens with zero attached hydrogens (tertiary/aromatic N) is 1. The number of hydrogen-bond donors (Lipinski definition) is 1. The number of phenols is 1. The second-order valence-electron chi connectivity index (χ2n) is 5.98. The molecule has 1 fully saturated rings. The monoisotopic (exact) mass is 339 g/mol. The third kappa shape index (κ3) is 4.10. The van der Waals surface area contributed by atoms with Crippen LogP contribution in [0.1, 0.15) is 30.1 Å². The molecule has 0 radical (unpaired) electrons. The van der Waals surface area contributed by atoms with E-state index < -0.39 is 21.0 Å². The van der Waals surface area contributed by atoms with Crippen molar-refractivity contribution >= 4 is 21.5 Å². The largest absolute Gasteiger partial charge is 0.508 e. The minimum atomic E-state index is -3.41. The van der Waals surface area contributed by atoms with Gasteiger partial charge in [0.2, 0.25) is 5.91 Å². The molecule has 7 heteroatoms. The van der Waals surface area contributed by atoms with Crippen molar-refractivity contribution in [2.24, 2.45) is 5.92 Å². The number of piperidine rings is 1. The van der Waals surface area contributed by atoms with Crippen LogP contribution in [0.3, 0.4) is 0 Å². The summed E-state index contributed by atoms with van der Waals surface area (Å²) in [6.07, 6.45) is 2.08. The number of likely N-dealkylation sites (tertiary alicyclic amines) is 1. The summed E-state index contributed by atoms with van der Waals surface area (Å²) in [4.78, 5) is 26.1. The molecule has 1 saturated heterocycles. The van der Waals surface area contributed by atoms with E-state index in [-0.39, 0.29) is 17.5 Å². The molecule has 0 unspecified atom stereocenters. The first-order valence-corrected chi connectivity index (χ1v) is 9.46. The Bertz CT molecular complexity index is 688. The van der Waals surface area contributed by atoms with E-state index in [9.17, 15) is 23.1 Å². The molecule has 0 aliphatic carbocycles. The third-order valence-electron chi connectivity index (χ3n) is 4.32. The zero-order valence-corrected chi connectivity index (χ0v) is 14.0. The molecule has 1 aliphatic heterocycles. The van der Waals surface area contributed by atoms with Gasteiger partial charge < -0.3 is 10.0 Å². The van der Waals surface area contributed by atoms with Gasteiger partial charge in [-0.2, -0.15) is 0 Å². The normalized spacial score (nSPS) is 17.7. The number of phenolic OH excluding ortho intramolecular Hbond substituents is 1. The highest BCUT2D eigenvalue weighted by Crippen LogP contribution is 2.23. The van der Waals surface area contributed by atoms with Gasteiger partial charge in [-0.25, -0.2) is 8.42 Å². The Morgan fingerprint density at radius 1 is 1.17 bits per heavy atom. The minimum Gasteiger partial charge on any atom is -0.508 e. The van der Waals surface area contributed by atoms with Crippen molar-refractivity contribution in [1.82, 2.24) is 4.90 Å². The van der Waals surface area contributed by atoms with Gasteiger partial charge in [-0.15, -0.1) is 0 Å². The number of sulfone groups is 1. The fourth-order valence-corrected chi connectivity index (χ4v) is 3.18. The average molecular weight is 339 g/mol. The maximum Gasteiger partial charge on any atom is 0.240 e. The molecule has 126 valence electrons. The maximum absolute atomic E-state index is 12.4. The van der Waals surface area contributed by atoms with Crippen molar-refractivity contribution in [3.05, 3.63) is 29.8 Å². The number of benzene rings is 1. The fraction of sp³-hybridized carbons (Fsp3) is 0.500. The molecular weight excluding hydrogens is 318 g/mol. The number of ketones is 1. The van der Waals surface area contributed by atoms with Crippen LogP contribution in [-0.2, 0) is 14.6 Å². The number of amides is 1. The Labute approximate surface area is 136 Å². The van der Waals surface area contributed by atoms with E-state index in [2.05, 4.69) is 0 Å². The Morgan fingerprint density at radius 2 is 1.70 bits per heavy atom. The lowest BCUT2D eigenvalue weighted by atomic mass is 9.89. The summed E-state index contributed by atoms with van der Waals surface area (Å²) < 4.78 is 23.0. The van der Waals surface area contributed by atoms with Crippen molar-refractivity contribution in [1.29, 1.82) is 0 Å². The van der Waals surface area contributed by atoms with Crippen LogP contribution in [0.5, 0.6) is 5.75 Å². The standard InChI is InChI=1S/C16H21NO5S/c1-11(23(2,21)22)16(20)17-9-7-13(8-10-17)15(19)12-3-5-14(18)6-4-12/h3-6,11,13,18H,7-10H2,1-2H3/t11-/m1/s1. The van der Waals surface area contributed by atoms with Gasteiger partial charge in [-0.3, -0.25) is 9.59 Å². The van der Waals surface area contributed by atoms with Crippen molar-refractivity contribution in [2.45, 2.75) is 25.0 Å². The van der Waals surface area contributed by atoms with Crippen LogP contribution in [0.15, 0.2) is 24.3 Å². The summed E-state index contributed by atoms with van der Waals surface area (Å²) >= 11 is 0. The first-order chi connectivity index (χ1) is 10.7. The van der Waals surface area contributed by atoms with E-state index >= 15 is 0 Å². The molecule has 1 heterocycles. The first kappa shape index (κ1) is 17.5. The van der Waals surface area contributed by atoms with E-state index in [0.717, 1.165) is 6.26 Å². The summed E-state index contributed by atoms with van der Waals surface area (Å²) in [5.41, 5.74) is 0.539. The van der Waals surface area contributed by atoms with Gasteiger partial charge in [0, 0.05) is 30.8 Å². The summed E-state index contributed by atoms with van der Waals surface area (Å²) in [7, 11) is -3.41. The molecule has 0 spiro atoms. The zero-order valence-electron chi connectivity index (χ0n) is 13.2. The van der Waals surface area contributed by atoms with Crippen LogP contribution in [0.25, 0.3) is 0 Å². The number of hydrogen-bond acceptors (Lipinski definition) is 5. The Hall–Kier alpha value is -1.89. The quantitative estimate of drug-likeness (QED) is 0.834. The van der Waals surface area contributed by atoms with Gasteiger partial charge in [0.05, 0.1) is 0 Å². The number of carbonyl (C=O) groups is 2. The highest BCUT2D eigenvalue weighted by Gasteiger charge is 2.32. The molecular formula is C16H21NO5S. The minimum absolute atomic E-state index is 0.00624. The number of carbonyl (C=O) groups excluding carboxylic acids is 2. The van der Waals surface area contributed by atoms with Gasteiger partial charge >= 0.3 is 0 Å². The molecule has 23 heavy (non-hydrogen) atoms. The van der Waals surface area contributed by atoms with E-state index in [0.29, 0.717) is 31.5 Å². The lowest BCUT2D eigenvalue weighted by molar-refractivity contribution is -0.131.